The van der Waals surface area contributed by atoms with E-state index >= 15 is 0 Å². The highest BCUT2D eigenvalue weighted by molar-refractivity contribution is 5.24. The average Bonchev–Trinajstić information content (AvgIpc) is 2.74. The van der Waals surface area contributed by atoms with Gasteiger partial charge in [0.1, 0.15) is 0 Å². The van der Waals surface area contributed by atoms with E-state index in [0.717, 1.165) is 12.8 Å². The van der Waals surface area contributed by atoms with Crippen molar-refractivity contribution in [1.29, 1.82) is 0 Å². The maximum absolute atomic E-state index is 10.2. The standard InChI is InChI=1S/C16H22O3/c1-10-16(11-6-4-3-5-7-11)12-8-13(17)15(18-2)9-14(12)19-10/h3-7,10,12-17H,8-9H2,1-2H3/t10-,12-,13-,14+,15+,16+/m1/s1. The molecule has 0 aromatic heterocycles. The fraction of sp³-hybridized carbons (Fsp3) is 0.625. The first-order valence-corrected chi connectivity index (χ1v) is 7.12. The van der Waals surface area contributed by atoms with E-state index in [0.29, 0.717) is 11.8 Å². The van der Waals surface area contributed by atoms with E-state index in [1.54, 1.807) is 7.11 Å². The normalized spacial score (nSPS) is 42.1. The fourth-order valence-corrected chi connectivity index (χ4v) is 3.83. The number of aliphatic hydroxyl groups excluding tert-OH is 1. The summed E-state index contributed by atoms with van der Waals surface area (Å²) in [4.78, 5) is 0. The van der Waals surface area contributed by atoms with Crippen LogP contribution in [-0.2, 0) is 9.47 Å². The summed E-state index contributed by atoms with van der Waals surface area (Å²) in [7, 11) is 1.67. The predicted octanol–water partition coefficient (Wildman–Crippen LogP) is 2.34. The van der Waals surface area contributed by atoms with Crippen LogP contribution in [0.4, 0.5) is 0 Å². The van der Waals surface area contributed by atoms with Gasteiger partial charge in [-0.25, -0.2) is 0 Å². The van der Waals surface area contributed by atoms with Crippen molar-refractivity contribution in [2.24, 2.45) is 5.92 Å². The van der Waals surface area contributed by atoms with Crippen molar-refractivity contribution in [2.45, 2.75) is 50.1 Å². The highest BCUT2D eigenvalue weighted by Crippen LogP contribution is 2.47. The Balaban J connectivity index is 1.84. The van der Waals surface area contributed by atoms with Crippen molar-refractivity contribution in [3.05, 3.63) is 35.9 Å². The molecule has 1 aliphatic heterocycles. The number of benzene rings is 1. The summed E-state index contributed by atoms with van der Waals surface area (Å²) in [5.74, 6) is 0.789. The van der Waals surface area contributed by atoms with Gasteiger partial charge in [-0.2, -0.15) is 0 Å². The smallest absolute Gasteiger partial charge is 0.0855 e. The summed E-state index contributed by atoms with van der Waals surface area (Å²) >= 11 is 0. The first-order chi connectivity index (χ1) is 9.20. The first-order valence-electron chi connectivity index (χ1n) is 7.12. The molecule has 0 unspecified atom stereocenters. The second-order valence-corrected chi connectivity index (χ2v) is 5.79. The maximum atomic E-state index is 10.2. The molecule has 1 heterocycles. The summed E-state index contributed by atoms with van der Waals surface area (Å²) in [6, 6.07) is 10.5. The number of ether oxygens (including phenoxy) is 2. The fourth-order valence-electron chi connectivity index (χ4n) is 3.83. The summed E-state index contributed by atoms with van der Waals surface area (Å²) in [6.45, 7) is 2.14. The molecule has 1 aliphatic carbocycles. The second-order valence-electron chi connectivity index (χ2n) is 5.79. The van der Waals surface area contributed by atoms with Crippen molar-refractivity contribution >= 4 is 0 Å². The van der Waals surface area contributed by atoms with Crippen LogP contribution in [0.2, 0.25) is 0 Å². The largest absolute Gasteiger partial charge is 0.390 e. The lowest BCUT2D eigenvalue weighted by atomic mass is 9.74. The quantitative estimate of drug-likeness (QED) is 0.889. The van der Waals surface area contributed by atoms with Crippen LogP contribution in [0.25, 0.3) is 0 Å². The van der Waals surface area contributed by atoms with Crippen molar-refractivity contribution in [2.75, 3.05) is 7.11 Å². The molecule has 6 atom stereocenters. The average molecular weight is 262 g/mol. The van der Waals surface area contributed by atoms with Gasteiger partial charge in [-0.3, -0.25) is 0 Å². The zero-order valence-corrected chi connectivity index (χ0v) is 11.5. The number of hydrogen-bond acceptors (Lipinski definition) is 3. The van der Waals surface area contributed by atoms with E-state index in [1.165, 1.54) is 5.56 Å². The lowest BCUT2D eigenvalue weighted by Crippen LogP contribution is -2.42. The monoisotopic (exact) mass is 262 g/mol. The van der Waals surface area contributed by atoms with Gasteiger partial charge in [0, 0.05) is 19.4 Å². The summed E-state index contributed by atoms with van der Waals surface area (Å²) in [5, 5.41) is 10.2. The lowest BCUT2D eigenvalue weighted by molar-refractivity contribution is -0.0909. The zero-order chi connectivity index (χ0) is 13.4. The molecule has 3 rings (SSSR count). The van der Waals surface area contributed by atoms with Crippen LogP contribution < -0.4 is 0 Å². The van der Waals surface area contributed by atoms with Gasteiger partial charge in [-0.05, 0) is 24.8 Å². The molecule has 3 nitrogen and oxygen atoms in total. The molecule has 104 valence electrons. The minimum atomic E-state index is -0.369. The Kier molecular flexibility index (Phi) is 3.61. The topological polar surface area (TPSA) is 38.7 Å². The molecule has 0 spiro atoms. The molecule has 0 radical (unpaired) electrons. The van der Waals surface area contributed by atoms with Crippen LogP contribution in [0, 0.1) is 5.92 Å². The Labute approximate surface area is 114 Å². The summed E-state index contributed by atoms with van der Waals surface area (Å²) in [6.07, 6.45) is 1.55. The van der Waals surface area contributed by atoms with E-state index in [4.69, 9.17) is 9.47 Å². The summed E-state index contributed by atoms with van der Waals surface area (Å²) < 4.78 is 11.5. The van der Waals surface area contributed by atoms with Crippen LogP contribution >= 0.6 is 0 Å². The molecule has 1 aromatic carbocycles. The van der Waals surface area contributed by atoms with Gasteiger partial charge in [0.25, 0.3) is 0 Å². The second kappa shape index (κ2) is 5.23. The van der Waals surface area contributed by atoms with Crippen molar-refractivity contribution in [3.63, 3.8) is 0 Å². The van der Waals surface area contributed by atoms with Gasteiger partial charge in [0.05, 0.1) is 24.4 Å². The zero-order valence-electron chi connectivity index (χ0n) is 11.5. The molecule has 2 aliphatic rings. The maximum Gasteiger partial charge on any atom is 0.0855 e. The van der Waals surface area contributed by atoms with Gasteiger partial charge in [-0.1, -0.05) is 30.3 Å². The minimum Gasteiger partial charge on any atom is -0.390 e. The molecule has 3 heteroatoms. The number of rotatable bonds is 2. The SMILES string of the molecule is CO[C@H]1C[C@@H]2O[C@H](C)[C@@H](c3ccccc3)[C@@H]2C[C@H]1O. The molecular weight excluding hydrogens is 240 g/mol. The van der Waals surface area contributed by atoms with Gasteiger partial charge < -0.3 is 14.6 Å². The third-order valence-corrected chi connectivity index (χ3v) is 4.73. The number of aliphatic hydroxyl groups is 1. The molecule has 0 bridgehead atoms. The van der Waals surface area contributed by atoms with Crippen LogP contribution in [-0.4, -0.2) is 36.6 Å². The Hall–Kier alpha value is -0.900. The molecule has 1 saturated heterocycles. The van der Waals surface area contributed by atoms with Gasteiger partial charge in [-0.15, -0.1) is 0 Å². The Morgan fingerprint density at radius 1 is 1.21 bits per heavy atom. The molecule has 1 N–H and O–H groups in total. The van der Waals surface area contributed by atoms with E-state index in [-0.39, 0.29) is 24.4 Å². The van der Waals surface area contributed by atoms with Gasteiger partial charge in [0.2, 0.25) is 0 Å². The molecule has 0 amide bonds. The van der Waals surface area contributed by atoms with Crippen LogP contribution in [0.1, 0.15) is 31.2 Å². The van der Waals surface area contributed by atoms with Crippen LogP contribution in [0.5, 0.6) is 0 Å². The highest BCUT2D eigenvalue weighted by Gasteiger charge is 2.48. The van der Waals surface area contributed by atoms with E-state index in [1.807, 2.05) is 6.07 Å². The van der Waals surface area contributed by atoms with Crippen LogP contribution in [0.3, 0.4) is 0 Å². The molecule has 1 saturated carbocycles. The Morgan fingerprint density at radius 3 is 2.63 bits per heavy atom. The van der Waals surface area contributed by atoms with Gasteiger partial charge >= 0.3 is 0 Å². The number of fused-ring (bicyclic) bond motifs is 1. The van der Waals surface area contributed by atoms with Gasteiger partial charge in [0.15, 0.2) is 0 Å². The third kappa shape index (κ3) is 2.31. The van der Waals surface area contributed by atoms with Crippen molar-refractivity contribution < 1.29 is 14.6 Å². The number of methoxy groups -OCH3 is 1. The molecule has 2 fully saturated rings. The molecule has 19 heavy (non-hydrogen) atoms. The molecular formula is C16H22O3. The summed E-state index contributed by atoms with van der Waals surface area (Å²) in [5.41, 5.74) is 1.32. The van der Waals surface area contributed by atoms with E-state index in [9.17, 15) is 5.11 Å². The lowest BCUT2D eigenvalue weighted by Gasteiger charge is -2.35. The van der Waals surface area contributed by atoms with E-state index in [2.05, 4.69) is 31.2 Å². The Bertz CT molecular complexity index is 419. The van der Waals surface area contributed by atoms with Crippen LogP contribution in [0.15, 0.2) is 30.3 Å². The highest BCUT2D eigenvalue weighted by atomic mass is 16.5. The minimum absolute atomic E-state index is 0.0806. The first kappa shape index (κ1) is 13.1. The van der Waals surface area contributed by atoms with E-state index < -0.39 is 0 Å². The number of hydrogen-bond donors (Lipinski definition) is 1. The molecule has 1 aromatic rings. The van der Waals surface area contributed by atoms with Crippen molar-refractivity contribution in [1.82, 2.24) is 0 Å². The third-order valence-electron chi connectivity index (χ3n) is 4.73. The van der Waals surface area contributed by atoms with Crippen molar-refractivity contribution in [3.8, 4) is 0 Å². The Morgan fingerprint density at radius 2 is 1.95 bits per heavy atom. The predicted molar refractivity (Wildman–Crippen MR) is 73.0 cm³/mol.